The van der Waals surface area contributed by atoms with Crippen LogP contribution in [0.2, 0.25) is 0 Å². The topological polar surface area (TPSA) is 12.0 Å². The molecule has 0 aliphatic heterocycles. The summed E-state index contributed by atoms with van der Waals surface area (Å²) in [5.74, 6) is 0.718. The van der Waals surface area contributed by atoms with E-state index in [1.807, 2.05) is 0 Å². The minimum Gasteiger partial charge on any atom is -0.311 e. The van der Waals surface area contributed by atoms with Crippen molar-refractivity contribution in [2.75, 3.05) is 6.54 Å². The van der Waals surface area contributed by atoms with Gasteiger partial charge in [-0.1, -0.05) is 39.3 Å². The van der Waals surface area contributed by atoms with E-state index in [2.05, 4.69) is 45.2 Å². The molecule has 0 amide bonds. The van der Waals surface area contributed by atoms with Crippen LogP contribution in [-0.2, 0) is 0 Å². The van der Waals surface area contributed by atoms with Gasteiger partial charge in [0.2, 0.25) is 0 Å². The Morgan fingerprint density at radius 1 is 1.17 bits per heavy atom. The van der Waals surface area contributed by atoms with Crippen LogP contribution in [0.4, 0.5) is 0 Å². The minimum atomic E-state index is 0.527. The van der Waals surface area contributed by atoms with E-state index in [1.54, 1.807) is 0 Å². The third-order valence-electron chi connectivity index (χ3n) is 2.09. The molecule has 12 heavy (non-hydrogen) atoms. The van der Waals surface area contributed by atoms with Gasteiger partial charge in [-0.3, -0.25) is 0 Å². The van der Waals surface area contributed by atoms with Crippen LogP contribution in [-0.4, -0.2) is 12.6 Å². The maximum absolute atomic E-state index is 3.42. The molecule has 0 saturated carbocycles. The van der Waals surface area contributed by atoms with Crippen LogP contribution in [0.1, 0.15) is 40.5 Å². The average molecular weight is 169 g/mol. The normalized spacial score (nSPS) is 16.7. The predicted octanol–water partition coefficient (Wildman–Crippen LogP) is 2.98. The van der Waals surface area contributed by atoms with Crippen molar-refractivity contribution in [3.8, 4) is 0 Å². The molecule has 0 saturated heterocycles. The molecule has 0 bridgehead atoms. The maximum atomic E-state index is 3.42. The third kappa shape index (κ3) is 6.41. The summed E-state index contributed by atoms with van der Waals surface area (Å²) in [4.78, 5) is 0. The van der Waals surface area contributed by atoms with E-state index in [0.717, 1.165) is 12.5 Å². The molecule has 0 aromatic heterocycles. The Labute approximate surface area is 77.2 Å². The van der Waals surface area contributed by atoms with Crippen LogP contribution in [0, 0.1) is 5.92 Å². The minimum absolute atomic E-state index is 0.527. The number of hydrogen-bond acceptors (Lipinski definition) is 1. The Balaban J connectivity index is 3.52. The molecule has 0 fully saturated rings. The Bertz CT molecular complexity index is 118. The van der Waals surface area contributed by atoms with Gasteiger partial charge in [-0.2, -0.15) is 0 Å². The summed E-state index contributed by atoms with van der Waals surface area (Å²) < 4.78 is 0. The Kier molecular flexibility index (Phi) is 7.17. The number of hydrogen-bond donors (Lipinski definition) is 1. The molecule has 0 aliphatic rings. The molecule has 0 aromatic rings. The van der Waals surface area contributed by atoms with Gasteiger partial charge < -0.3 is 5.32 Å². The first-order valence-corrected chi connectivity index (χ1v) is 5.12. The highest BCUT2D eigenvalue weighted by molar-refractivity contribution is 4.93. The fraction of sp³-hybridized carbons (Fsp3) is 0.818. The molecule has 2 unspecified atom stereocenters. The molecular weight excluding hydrogens is 146 g/mol. The highest BCUT2D eigenvalue weighted by Crippen LogP contribution is 2.02. The third-order valence-corrected chi connectivity index (χ3v) is 2.09. The quantitative estimate of drug-likeness (QED) is 0.603. The molecule has 0 aliphatic carbocycles. The van der Waals surface area contributed by atoms with Gasteiger partial charge in [-0.05, 0) is 25.8 Å². The first-order valence-electron chi connectivity index (χ1n) is 5.12. The SMILES string of the molecule is CCCNC(C)/C=C\C(C)CC. The van der Waals surface area contributed by atoms with E-state index in [-0.39, 0.29) is 0 Å². The lowest BCUT2D eigenvalue weighted by atomic mass is 10.1. The lowest BCUT2D eigenvalue weighted by Gasteiger charge is -2.08. The standard InChI is InChI=1S/C11H23N/c1-5-9-12-11(4)8-7-10(3)6-2/h7-8,10-12H,5-6,9H2,1-4H3/b8-7-. The second-order valence-corrected chi connectivity index (χ2v) is 3.51. The molecule has 72 valence electrons. The van der Waals surface area contributed by atoms with Crippen molar-refractivity contribution < 1.29 is 0 Å². The monoisotopic (exact) mass is 169 g/mol. The highest BCUT2D eigenvalue weighted by Gasteiger charge is 1.95. The van der Waals surface area contributed by atoms with E-state index in [4.69, 9.17) is 0 Å². The molecule has 1 nitrogen and oxygen atoms in total. The zero-order chi connectivity index (χ0) is 9.40. The van der Waals surface area contributed by atoms with Crippen molar-refractivity contribution in [1.82, 2.24) is 5.32 Å². The molecule has 0 radical (unpaired) electrons. The van der Waals surface area contributed by atoms with Gasteiger partial charge in [0, 0.05) is 6.04 Å². The van der Waals surface area contributed by atoms with E-state index >= 15 is 0 Å². The van der Waals surface area contributed by atoms with Gasteiger partial charge in [-0.15, -0.1) is 0 Å². The largest absolute Gasteiger partial charge is 0.311 e. The van der Waals surface area contributed by atoms with Crippen molar-refractivity contribution in [2.45, 2.75) is 46.6 Å². The van der Waals surface area contributed by atoms with Crippen LogP contribution in [0.25, 0.3) is 0 Å². The van der Waals surface area contributed by atoms with Gasteiger partial charge in [-0.25, -0.2) is 0 Å². The lowest BCUT2D eigenvalue weighted by molar-refractivity contribution is 0.614. The van der Waals surface area contributed by atoms with E-state index in [9.17, 15) is 0 Å². The molecule has 2 atom stereocenters. The smallest absolute Gasteiger partial charge is 0.0221 e. The summed E-state index contributed by atoms with van der Waals surface area (Å²) in [5, 5.41) is 3.42. The zero-order valence-electron chi connectivity index (χ0n) is 8.93. The summed E-state index contributed by atoms with van der Waals surface area (Å²) in [6.07, 6.45) is 7.01. The summed E-state index contributed by atoms with van der Waals surface area (Å²) in [6.45, 7) is 9.99. The van der Waals surface area contributed by atoms with Crippen molar-refractivity contribution >= 4 is 0 Å². The first kappa shape index (κ1) is 11.7. The van der Waals surface area contributed by atoms with E-state index in [1.165, 1.54) is 12.8 Å². The average Bonchev–Trinajstić information content (AvgIpc) is 2.10. The van der Waals surface area contributed by atoms with Crippen LogP contribution < -0.4 is 5.32 Å². The summed E-state index contributed by atoms with van der Waals surface area (Å²) in [6, 6.07) is 0.527. The zero-order valence-corrected chi connectivity index (χ0v) is 8.93. The van der Waals surface area contributed by atoms with Gasteiger partial charge in [0.15, 0.2) is 0 Å². The van der Waals surface area contributed by atoms with Crippen molar-refractivity contribution in [2.24, 2.45) is 5.92 Å². The maximum Gasteiger partial charge on any atom is 0.0221 e. The molecule has 0 aromatic carbocycles. The fourth-order valence-corrected chi connectivity index (χ4v) is 0.932. The van der Waals surface area contributed by atoms with Crippen LogP contribution in [0.3, 0.4) is 0 Å². The van der Waals surface area contributed by atoms with Crippen molar-refractivity contribution in [1.29, 1.82) is 0 Å². The van der Waals surface area contributed by atoms with Crippen LogP contribution >= 0.6 is 0 Å². The molecule has 0 spiro atoms. The number of rotatable bonds is 6. The Morgan fingerprint density at radius 3 is 2.33 bits per heavy atom. The summed E-state index contributed by atoms with van der Waals surface area (Å²) in [5.41, 5.74) is 0. The second kappa shape index (κ2) is 7.35. The van der Waals surface area contributed by atoms with Gasteiger partial charge >= 0.3 is 0 Å². The Morgan fingerprint density at radius 2 is 1.83 bits per heavy atom. The predicted molar refractivity (Wildman–Crippen MR) is 56.4 cm³/mol. The molecule has 0 heterocycles. The Hall–Kier alpha value is -0.300. The van der Waals surface area contributed by atoms with E-state index in [0.29, 0.717) is 6.04 Å². The highest BCUT2D eigenvalue weighted by atomic mass is 14.9. The lowest BCUT2D eigenvalue weighted by Crippen LogP contribution is -2.24. The van der Waals surface area contributed by atoms with Crippen LogP contribution in [0.5, 0.6) is 0 Å². The number of nitrogens with one attached hydrogen (secondary N) is 1. The molecule has 1 N–H and O–H groups in total. The molecular formula is C11H23N. The first-order chi connectivity index (χ1) is 5.70. The molecule has 1 heteroatoms. The summed E-state index contributed by atoms with van der Waals surface area (Å²) >= 11 is 0. The van der Waals surface area contributed by atoms with Gasteiger partial charge in [0.25, 0.3) is 0 Å². The van der Waals surface area contributed by atoms with Gasteiger partial charge in [0.05, 0.1) is 0 Å². The fourth-order valence-electron chi connectivity index (χ4n) is 0.932. The van der Waals surface area contributed by atoms with Gasteiger partial charge in [0.1, 0.15) is 0 Å². The second-order valence-electron chi connectivity index (χ2n) is 3.51. The summed E-state index contributed by atoms with van der Waals surface area (Å²) in [7, 11) is 0. The van der Waals surface area contributed by atoms with E-state index < -0.39 is 0 Å². The van der Waals surface area contributed by atoms with Crippen LogP contribution in [0.15, 0.2) is 12.2 Å². The number of allylic oxidation sites excluding steroid dienone is 1. The molecule has 0 rings (SSSR count). The van der Waals surface area contributed by atoms with Crippen molar-refractivity contribution in [3.05, 3.63) is 12.2 Å². The van der Waals surface area contributed by atoms with Crippen molar-refractivity contribution in [3.63, 3.8) is 0 Å².